The first-order chi connectivity index (χ1) is 7.31. The molecule has 96 valence electrons. The number of aliphatic hydroxyl groups is 2. The van der Waals surface area contributed by atoms with Gasteiger partial charge in [0.25, 0.3) is 0 Å². The van der Waals surface area contributed by atoms with Crippen LogP contribution in [0.15, 0.2) is 0 Å². The van der Waals surface area contributed by atoms with Gasteiger partial charge in [0.05, 0.1) is 11.2 Å². The number of hydrogen-bond donors (Lipinski definition) is 3. The maximum atomic E-state index is 10.3. The maximum Gasteiger partial charge on any atom is 0.0771 e. The molecule has 3 heteroatoms. The van der Waals surface area contributed by atoms with Gasteiger partial charge in [0.15, 0.2) is 0 Å². The molecule has 1 aliphatic carbocycles. The van der Waals surface area contributed by atoms with Gasteiger partial charge in [0.1, 0.15) is 0 Å². The van der Waals surface area contributed by atoms with E-state index in [1.54, 1.807) is 0 Å². The molecule has 0 aromatic rings. The second-order valence-electron chi connectivity index (χ2n) is 6.15. The molecule has 3 nitrogen and oxygen atoms in total. The van der Waals surface area contributed by atoms with Crippen LogP contribution in [-0.2, 0) is 0 Å². The highest BCUT2D eigenvalue weighted by Gasteiger charge is 2.31. The molecule has 3 N–H and O–H groups in total. The summed E-state index contributed by atoms with van der Waals surface area (Å²) in [6, 6.07) is 0. The molecule has 0 amide bonds. The van der Waals surface area contributed by atoms with Gasteiger partial charge in [0, 0.05) is 6.54 Å². The summed E-state index contributed by atoms with van der Waals surface area (Å²) in [5.41, 5.74) is -1.12. The zero-order valence-corrected chi connectivity index (χ0v) is 10.9. The molecule has 0 saturated heterocycles. The molecule has 16 heavy (non-hydrogen) atoms. The predicted molar refractivity (Wildman–Crippen MR) is 66.4 cm³/mol. The summed E-state index contributed by atoms with van der Waals surface area (Å²) in [6.45, 7) is 7.30. The summed E-state index contributed by atoms with van der Waals surface area (Å²) in [7, 11) is 0. The molecule has 1 fully saturated rings. The Labute approximate surface area is 99.3 Å². The van der Waals surface area contributed by atoms with Gasteiger partial charge in [-0.3, -0.25) is 0 Å². The van der Waals surface area contributed by atoms with E-state index in [0.717, 1.165) is 44.6 Å². The lowest BCUT2D eigenvalue weighted by molar-refractivity contribution is -0.00774. The third-order valence-corrected chi connectivity index (χ3v) is 3.57. The fourth-order valence-corrected chi connectivity index (χ4v) is 2.19. The van der Waals surface area contributed by atoms with E-state index in [1.165, 1.54) is 0 Å². The van der Waals surface area contributed by atoms with E-state index in [2.05, 4.69) is 12.2 Å². The van der Waals surface area contributed by atoms with Gasteiger partial charge in [-0.1, -0.05) is 6.92 Å². The summed E-state index contributed by atoms with van der Waals surface area (Å²) in [5, 5.41) is 23.1. The SMILES string of the molecule is CC1CCC(O)(CNCCC(C)(C)O)CC1. The van der Waals surface area contributed by atoms with Crippen molar-refractivity contribution < 1.29 is 10.2 Å². The third kappa shape index (κ3) is 5.28. The quantitative estimate of drug-likeness (QED) is 0.629. The van der Waals surface area contributed by atoms with Crippen LogP contribution in [0.2, 0.25) is 0 Å². The van der Waals surface area contributed by atoms with Crippen molar-refractivity contribution in [1.82, 2.24) is 5.32 Å². The highest BCUT2D eigenvalue weighted by atomic mass is 16.3. The Balaban J connectivity index is 2.17. The van der Waals surface area contributed by atoms with E-state index in [1.807, 2.05) is 13.8 Å². The van der Waals surface area contributed by atoms with Gasteiger partial charge >= 0.3 is 0 Å². The van der Waals surface area contributed by atoms with Crippen LogP contribution >= 0.6 is 0 Å². The third-order valence-electron chi connectivity index (χ3n) is 3.57. The van der Waals surface area contributed by atoms with Gasteiger partial charge in [-0.25, -0.2) is 0 Å². The van der Waals surface area contributed by atoms with E-state index in [4.69, 9.17) is 0 Å². The molecular weight excluding hydrogens is 202 g/mol. The van der Waals surface area contributed by atoms with Crippen LogP contribution in [0.5, 0.6) is 0 Å². The van der Waals surface area contributed by atoms with Crippen molar-refractivity contribution in [1.29, 1.82) is 0 Å². The molecule has 0 bridgehead atoms. The lowest BCUT2D eigenvalue weighted by Gasteiger charge is -2.35. The molecule has 0 heterocycles. The zero-order chi connectivity index (χ0) is 12.2. The van der Waals surface area contributed by atoms with Gasteiger partial charge in [-0.05, 0) is 58.4 Å². The maximum absolute atomic E-state index is 10.3. The lowest BCUT2D eigenvalue weighted by Crippen LogP contribution is -2.44. The van der Waals surface area contributed by atoms with Crippen molar-refractivity contribution in [2.75, 3.05) is 13.1 Å². The minimum Gasteiger partial charge on any atom is -0.390 e. The largest absolute Gasteiger partial charge is 0.390 e. The lowest BCUT2D eigenvalue weighted by atomic mass is 9.79. The summed E-state index contributed by atoms with van der Waals surface area (Å²) < 4.78 is 0. The van der Waals surface area contributed by atoms with E-state index in [0.29, 0.717) is 6.54 Å². The molecule has 0 aliphatic heterocycles. The molecule has 0 aromatic carbocycles. The van der Waals surface area contributed by atoms with Crippen LogP contribution in [0.4, 0.5) is 0 Å². The van der Waals surface area contributed by atoms with Crippen LogP contribution in [0.1, 0.15) is 52.9 Å². The zero-order valence-electron chi connectivity index (χ0n) is 10.9. The van der Waals surface area contributed by atoms with Crippen molar-refractivity contribution in [2.24, 2.45) is 5.92 Å². The van der Waals surface area contributed by atoms with Crippen molar-refractivity contribution in [3.05, 3.63) is 0 Å². The summed E-state index contributed by atoms with van der Waals surface area (Å²) in [4.78, 5) is 0. The second kappa shape index (κ2) is 5.48. The molecule has 0 unspecified atom stereocenters. The van der Waals surface area contributed by atoms with Gasteiger partial charge in [-0.15, -0.1) is 0 Å². The Morgan fingerprint density at radius 2 is 1.88 bits per heavy atom. The highest BCUT2D eigenvalue weighted by Crippen LogP contribution is 2.31. The average molecular weight is 229 g/mol. The van der Waals surface area contributed by atoms with E-state index < -0.39 is 11.2 Å². The minimum atomic E-state index is -0.614. The standard InChI is InChI=1S/C13H27NO2/c1-11-4-6-13(16,7-5-11)10-14-9-8-12(2,3)15/h11,14-16H,4-10H2,1-3H3. The van der Waals surface area contributed by atoms with Crippen LogP contribution < -0.4 is 5.32 Å². The van der Waals surface area contributed by atoms with Gasteiger partial charge in [0.2, 0.25) is 0 Å². The summed E-state index contributed by atoms with van der Waals surface area (Å²) >= 11 is 0. The summed E-state index contributed by atoms with van der Waals surface area (Å²) in [6.07, 6.45) is 4.79. The van der Waals surface area contributed by atoms with Crippen molar-refractivity contribution in [3.63, 3.8) is 0 Å². The smallest absolute Gasteiger partial charge is 0.0771 e. The Bertz CT molecular complexity index is 202. The average Bonchev–Trinajstić information content (AvgIpc) is 2.17. The van der Waals surface area contributed by atoms with Gasteiger partial charge < -0.3 is 15.5 Å². The van der Waals surface area contributed by atoms with Crippen LogP contribution in [0.25, 0.3) is 0 Å². The Hall–Kier alpha value is -0.120. The normalized spacial score (nSPS) is 31.7. The highest BCUT2D eigenvalue weighted by molar-refractivity contribution is 4.86. The first-order valence-corrected chi connectivity index (χ1v) is 6.46. The fraction of sp³-hybridized carbons (Fsp3) is 1.00. The van der Waals surface area contributed by atoms with Crippen molar-refractivity contribution >= 4 is 0 Å². The Kier molecular flexibility index (Phi) is 4.77. The molecular formula is C13H27NO2. The van der Waals surface area contributed by atoms with Crippen LogP contribution in [0.3, 0.4) is 0 Å². The Morgan fingerprint density at radius 1 is 1.31 bits per heavy atom. The fourth-order valence-electron chi connectivity index (χ4n) is 2.19. The van der Waals surface area contributed by atoms with Crippen molar-refractivity contribution in [3.8, 4) is 0 Å². The molecule has 1 saturated carbocycles. The number of nitrogens with one attached hydrogen (secondary N) is 1. The monoisotopic (exact) mass is 229 g/mol. The van der Waals surface area contributed by atoms with Gasteiger partial charge in [-0.2, -0.15) is 0 Å². The van der Waals surface area contributed by atoms with Crippen molar-refractivity contribution in [2.45, 2.75) is 64.1 Å². The summed E-state index contributed by atoms with van der Waals surface area (Å²) in [5.74, 6) is 0.761. The first-order valence-electron chi connectivity index (χ1n) is 6.46. The van der Waals surface area contributed by atoms with E-state index in [-0.39, 0.29) is 0 Å². The number of rotatable bonds is 5. The predicted octanol–water partition coefficient (Wildman–Crippen LogP) is 1.68. The molecule has 0 spiro atoms. The van der Waals surface area contributed by atoms with E-state index >= 15 is 0 Å². The topological polar surface area (TPSA) is 52.5 Å². The van der Waals surface area contributed by atoms with Crippen LogP contribution in [-0.4, -0.2) is 34.5 Å². The van der Waals surface area contributed by atoms with Crippen LogP contribution in [0, 0.1) is 5.92 Å². The molecule has 1 aliphatic rings. The molecule has 0 atom stereocenters. The first kappa shape index (κ1) is 13.9. The Morgan fingerprint density at radius 3 is 2.38 bits per heavy atom. The van der Waals surface area contributed by atoms with E-state index in [9.17, 15) is 10.2 Å². The molecule has 1 rings (SSSR count). The minimum absolute atomic E-state index is 0.508. The molecule has 0 radical (unpaired) electrons. The second-order valence-corrected chi connectivity index (χ2v) is 6.15. The molecule has 0 aromatic heterocycles. The number of hydrogen-bond acceptors (Lipinski definition) is 3.